The van der Waals surface area contributed by atoms with Gasteiger partial charge >= 0.3 is 0 Å². The summed E-state index contributed by atoms with van der Waals surface area (Å²) in [6, 6.07) is 9.37. The fourth-order valence-electron chi connectivity index (χ4n) is 2.46. The Labute approximate surface area is 121 Å². The molecule has 0 radical (unpaired) electrons. The quantitative estimate of drug-likeness (QED) is 0.922. The minimum absolute atomic E-state index is 0.00146. The van der Waals surface area contributed by atoms with E-state index in [0.717, 1.165) is 17.7 Å². The molecule has 0 saturated heterocycles. The molecule has 0 unspecified atom stereocenters. The lowest BCUT2D eigenvalue weighted by Crippen LogP contribution is -2.27. The van der Waals surface area contributed by atoms with Crippen molar-refractivity contribution in [2.75, 3.05) is 16.8 Å². The third-order valence-corrected chi connectivity index (χ3v) is 4.24. The molecule has 5 heteroatoms. The largest absolute Gasteiger partial charge is 0.319 e. The fraction of sp³-hybridized carbons (Fsp3) is 0.200. The van der Waals surface area contributed by atoms with Crippen molar-refractivity contribution in [3.63, 3.8) is 0 Å². The van der Waals surface area contributed by atoms with E-state index in [1.807, 2.05) is 29.6 Å². The lowest BCUT2D eigenvalue weighted by molar-refractivity contribution is -0.116. The van der Waals surface area contributed by atoms with Crippen LogP contribution in [0.25, 0.3) is 0 Å². The van der Waals surface area contributed by atoms with E-state index in [2.05, 4.69) is 5.32 Å². The Morgan fingerprint density at radius 1 is 1.25 bits per heavy atom. The van der Waals surface area contributed by atoms with Crippen LogP contribution in [0.3, 0.4) is 0 Å². The highest BCUT2D eigenvalue weighted by Crippen LogP contribution is 2.35. The summed E-state index contributed by atoms with van der Waals surface area (Å²) in [5, 5.41) is 4.77. The molecule has 2 amide bonds. The number of hydrogen-bond acceptors (Lipinski definition) is 3. The van der Waals surface area contributed by atoms with Gasteiger partial charge in [-0.15, -0.1) is 11.3 Å². The van der Waals surface area contributed by atoms with E-state index in [1.165, 1.54) is 11.3 Å². The van der Waals surface area contributed by atoms with Gasteiger partial charge in [0, 0.05) is 13.5 Å². The zero-order chi connectivity index (χ0) is 14.1. The maximum atomic E-state index is 12.1. The summed E-state index contributed by atoms with van der Waals surface area (Å²) in [4.78, 5) is 26.2. The van der Waals surface area contributed by atoms with Gasteiger partial charge in [-0.05, 0) is 29.5 Å². The van der Waals surface area contributed by atoms with Crippen molar-refractivity contribution in [3.8, 4) is 0 Å². The second-order valence-electron chi connectivity index (χ2n) is 4.67. The van der Waals surface area contributed by atoms with Crippen molar-refractivity contribution in [1.82, 2.24) is 0 Å². The average Bonchev–Trinajstić information content (AvgIpc) is 3.08. The number of anilines is 2. The second-order valence-corrected chi connectivity index (χ2v) is 5.61. The summed E-state index contributed by atoms with van der Waals surface area (Å²) in [7, 11) is 0. The molecule has 1 aliphatic heterocycles. The maximum Gasteiger partial charge on any atom is 0.265 e. The molecule has 0 saturated carbocycles. The van der Waals surface area contributed by atoms with E-state index < -0.39 is 0 Å². The number of nitrogens with zero attached hydrogens (tertiary/aromatic N) is 1. The standard InChI is InChI=1S/C15H14N2O2S/c1-10(18)17-8-7-11-4-2-5-12(14(11)17)16-15(19)13-6-3-9-20-13/h2-6,9H,7-8H2,1H3,(H,16,19). The Kier molecular flexibility index (Phi) is 3.28. The third-order valence-electron chi connectivity index (χ3n) is 3.37. The van der Waals surface area contributed by atoms with Crippen LogP contribution in [-0.2, 0) is 11.2 Å². The molecule has 0 aliphatic carbocycles. The molecule has 1 N–H and O–H groups in total. The monoisotopic (exact) mass is 286 g/mol. The van der Waals surface area contributed by atoms with Crippen LogP contribution in [0.15, 0.2) is 35.7 Å². The van der Waals surface area contributed by atoms with Crippen LogP contribution in [0, 0.1) is 0 Å². The van der Waals surface area contributed by atoms with Gasteiger partial charge in [0.15, 0.2) is 0 Å². The SMILES string of the molecule is CC(=O)N1CCc2cccc(NC(=O)c3cccs3)c21. The summed E-state index contributed by atoms with van der Waals surface area (Å²) in [5.41, 5.74) is 2.64. The van der Waals surface area contributed by atoms with Crippen LogP contribution in [0.4, 0.5) is 11.4 Å². The zero-order valence-electron chi connectivity index (χ0n) is 11.1. The van der Waals surface area contributed by atoms with Crippen LogP contribution in [-0.4, -0.2) is 18.4 Å². The summed E-state index contributed by atoms with van der Waals surface area (Å²) < 4.78 is 0. The number of amides is 2. The second kappa shape index (κ2) is 5.09. The summed E-state index contributed by atoms with van der Waals surface area (Å²) in [5.74, 6) is -0.134. The maximum absolute atomic E-state index is 12.1. The minimum atomic E-state index is -0.135. The summed E-state index contributed by atoms with van der Waals surface area (Å²) in [6.45, 7) is 2.23. The first-order valence-electron chi connectivity index (χ1n) is 6.41. The molecule has 0 spiro atoms. The number of benzene rings is 1. The van der Waals surface area contributed by atoms with Crippen LogP contribution in [0.5, 0.6) is 0 Å². The molecule has 0 fully saturated rings. The van der Waals surface area contributed by atoms with E-state index in [1.54, 1.807) is 17.9 Å². The summed E-state index contributed by atoms with van der Waals surface area (Å²) >= 11 is 1.40. The van der Waals surface area contributed by atoms with Gasteiger partial charge in [-0.25, -0.2) is 0 Å². The third kappa shape index (κ3) is 2.20. The number of carbonyl (C=O) groups excluding carboxylic acids is 2. The van der Waals surface area contributed by atoms with Crippen LogP contribution in [0.2, 0.25) is 0 Å². The van der Waals surface area contributed by atoms with E-state index in [-0.39, 0.29) is 11.8 Å². The Hall–Kier alpha value is -2.14. The normalized spacial score (nSPS) is 13.2. The number of rotatable bonds is 2. The average molecular weight is 286 g/mol. The number of thiophene rings is 1. The van der Waals surface area contributed by atoms with Gasteiger partial charge in [0.1, 0.15) is 0 Å². The first-order valence-corrected chi connectivity index (χ1v) is 7.29. The van der Waals surface area contributed by atoms with Crippen molar-refractivity contribution in [2.45, 2.75) is 13.3 Å². The number of fused-ring (bicyclic) bond motifs is 1. The van der Waals surface area contributed by atoms with Crippen molar-refractivity contribution in [2.24, 2.45) is 0 Å². The van der Waals surface area contributed by atoms with Crippen LogP contribution >= 0.6 is 11.3 Å². The molecule has 3 rings (SSSR count). The first-order chi connectivity index (χ1) is 9.66. The van der Waals surface area contributed by atoms with E-state index >= 15 is 0 Å². The van der Waals surface area contributed by atoms with E-state index in [0.29, 0.717) is 17.1 Å². The predicted molar refractivity (Wildman–Crippen MR) is 80.4 cm³/mol. The molecule has 1 aromatic carbocycles. The minimum Gasteiger partial charge on any atom is -0.319 e. The van der Waals surface area contributed by atoms with Gasteiger partial charge in [-0.1, -0.05) is 18.2 Å². The van der Waals surface area contributed by atoms with E-state index in [9.17, 15) is 9.59 Å². The highest BCUT2D eigenvalue weighted by atomic mass is 32.1. The molecule has 0 bridgehead atoms. The first kappa shape index (κ1) is 12.9. The highest BCUT2D eigenvalue weighted by Gasteiger charge is 2.25. The lowest BCUT2D eigenvalue weighted by Gasteiger charge is -2.18. The Morgan fingerprint density at radius 2 is 2.10 bits per heavy atom. The summed E-state index contributed by atoms with van der Waals surface area (Å²) in [6.07, 6.45) is 0.831. The topological polar surface area (TPSA) is 49.4 Å². The van der Waals surface area contributed by atoms with Crippen molar-refractivity contribution in [3.05, 3.63) is 46.2 Å². The molecule has 0 atom stereocenters. The molecule has 20 heavy (non-hydrogen) atoms. The number of hydrogen-bond donors (Lipinski definition) is 1. The molecular formula is C15H14N2O2S. The fourth-order valence-corrected chi connectivity index (χ4v) is 3.08. The highest BCUT2D eigenvalue weighted by molar-refractivity contribution is 7.12. The smallest absolute Gasteiger partial charge is 0.265 e. The van der Waals surface area contributed by atoms with Gasteiger partial charge in [0.05, 0.1) is 16.3 Å². The Balaban J connectivity index is 1.93. The number of carbonyl (C=O) groups is 2. The lowest BCUT2D eigenvalue weighted by atomic mass is 10.1. The molecule has 2 heterocycles. The molecule has 4 nitrogen and oxygen atoms in total. The number of para-hydroxylation sites is 1. The molecule has 102 valence electrons. The van der Waals surface area contributed by atoms with Gasteiger partial charge < -0.3 is 10.2 Å². The Morgan fingerprint density at radius 3 is 2.80 bits per heavy atom. The van der Waals surface area contributed by atoms with Gasteiger partial charge in [0.2, 0.25) is 5.91 Å². The van der Waals surface area contributed by atoms with Gasteiger partial charge in [0.25, 0.3) is 5.91 Å². The van der Waals surface area contributed by atoms with Crippen LogP contribution < -0.4 is 10.2 Å². The molecule has 1 aliphatic rings. The molecule has 1 aromatic heterocycles. The van der Waals surface area contributed by atoms with Crippen molar-refractivity contribution < 1.29 is 9.59 Å². The predicted octanol–water partition coefficient (Wildman–Crippen LogP) is 2.91. The zero-order valence-corrected chi connectivity index (χ0v) is 11.9. The van der Waals surface area contributed by atoms with Crippen LogP contribution in [0.1, 0.15) is 22.2 Å². The van der Waals surface area contributed by atoms with Gasteiger partial charge in [-0.2, -0.15) is 0 Å². The van der Waals surface area contributed by atoms with Crippen molar-refractivity contribution in [1.29, 1.82) is 0 Å². The van der Waals surface area contributed by atoms with Gasteiger partial charge in [-0.3, -0.25) is 9.59 Å². The Bertz CT molecular complexity index is 665. The molecule has 2 aromatic rings. The number of nitrogens with one attached hydrogen (secondary N) is 1. The molecular weight excluding hydrogens is 272 g/mol. The van der Waals surface area contributed by atoms with Crippen molar-refractivity contribution >= 4 is 34.5 Å². The van der Waals surface area contributed by atoms with E-state index in [4.69, 9.17) is 0 Å².